The number of aliphatic hydroxyl groups excluding tert-OH is 1. The van der Waals surface area contributed by atoms with Gasteiger partial charge in [-0.15, -0.1) is 0 Å². The van der Waals surface area contributed by atoms with Crippen LogP contribution < -0.4 is 10.8 Å². The van der Waals surface area contributed by atoms with Gasteiger partial charge in [-0.2, -0.15) is 0 Å². The lowest BCUT2D eigenvalue weighted by Crippen LogP contribution is -2.26. The van der Waals surface area contributed by atoms with E-state index in [1.807, 2.05) is 5.48 Å². The molecule has 19 heavy (non-hydrogen) atoms. The van der Waals surface area contributed by atoms with Crippen molar-refractivity contribution in [1.29, 1.82) is 0 Å². The molecule has 0 saturated carbocycles. The first kappa shape index (κ1) is 14.6. The predicted molar refractivity (Wildman–Crippen MR) is 65.8 cm³/mol. The van der Waals surface area contributed by atoms with Gasteiger partial charge in [0.2, 0.25) is 5.91 Å². The van der Waals surface area contributed by atoms with Crippen LogP contribution in [0.5, 0.6) is 0 Å². The highest BCUT2D eigenvalue weighted by Crippen LogP contribution is 2.18. The fourth-order valence-corrected chi connectivity index (χ4v) is 1.45. The van der Waals surface area contributed by atoms with Crippen molar-refractivity contribution in [3.8, 4) is 0 Å². The molecule has 8 nitrogen and oxygen atoms in total. The number of rotatable bonds is 5. The third-order valence-corrected chi connectivity index (χ3v) is 2.27. The molecule has 4 N–H and O–H groups in total. The van der Waals surface area contributed by atoms with Gasteiger partial charge in [-0.25, -0.2) is 0 Å². The average Bonchev–Trinajstić information content (AvgIpc) is 2.38. The summed E-state index contributed by atoms with van der Waals surface area (Å²) in [6.45, 7) is 0.736. The highest BCUT2D eigenvalue weighted by Gasteiger charge is 2.11. The van der Waals surface area contributed by atoms with Crippen molar-refractivity contribution < 1.29 is 20.0 Å². The molecule has 0 aliphatic carbocycles. The second kappa shape index (κ2) is 6.47. The Kier molecular flexibility index (Phi) is 4.98. The van der Waals surface area contributed by atoms with E-state index in [1.165, 1.54) is 31.2 Å². The van der Waals surface area contributed by atoms with E-state index >= 15 is 0 Å². The fraction of sp³-hybridized carbons (Fsp3) is 0.182. The van der Waals surface area contributed by atoms with E-state index in [4.69, 9.17) is 10.3 Å². The summed E-state index contributed by atoms with van der Waals surface area (Å²) in [4.78, 5) is 20.9. The number of non-ortho nitro benzene ring substituents is 1. The Labute approximate surface area is 108 Å². The Hall–Kier alpha value is -2.45. The van der Waals surface area contributed by atoms with Crippen molar-refractivity contribution in [3.63, 3.8) is 0 Å². The van der Waals surface area contributed by atoms with E-state index in [0.29, 0.717) is 5.56 Å². The molecule has 0 bridgehead atoms. The highest BCUT2D eigenvalue weighted by molar-refractivity contribution is 5.79. The van der Waals surface area contributed by atoms with Crippen LogP contribution >= 0.6 is 0 Å². The van der Waals surface area contributed by atoms with Crippen LogP contribution in [-0.4, -0.2) is 27.8 Å². The molecule has 8 heteroatoms. The standard InChI is InChI=1S/C11H13N3O5/c1-7(16)12-10(6-15)11(13-17)8-2-4-9(5-3-8)14(18)19/h2-5,13,15,17H,6H2,1H3,(H,12,16). The molecule has 0 aliphatic heterocycles. The predicted octanol–water partition coefficient (Wildman–Crippen LogP) is 0.371. The number of nitrogens with one attached hydrogen (secondary N) is 2. The molecule has 102 valence electrons. The minimum Gasteiger partial charge on any atom is -0.390 e. The summed E-state index contributed by atoms with van der Waals surface area (Å²) in [5.41, 5.74) is 2.26. The van der Waals surface area contributed by atoms with Gasteiger partial charge in [0.1, 0.15) is 0 Å². The Morgan fingerprint density at radius 2 is 1.95 bits per heavy atom. The number of carbonyl (C=O) groups excluding carboxylic acids is 1. The molecule has 1 aromatic carbocycles. The minimum atomic E-state index is -0.555. The van der Waals surface area contributed by atoms with Gasteiger partial charge in [0, 0.05) is 24.6 Å². The van der Waals surface area contributed by atoms with E-state index in [-0.39, 0.29) is 17.1 Å². The molecule has 1 amide bonds. The average molecular weight is 267 g/mol. The first-order valence-electron chi connectivity index (χ1n) is 5.26. The lowest BCUT2D eigenvalue weighted by molar-refractivity contribution is -0.384. The van der Waals surface area contributed by atoms with Crippen LogP contribution in [0.2, 0.25) is 0 Å². The number of nitro groups is 1. The molecular weight excluding hydrogens is 254 g/mol. The maximum atomic E-state index is 11.0. The number of hydrogen-bond donors (Lipinski definition) is 4. The molecule has 1 aromatic rings. The summed E-state index contributed by atoms with van der Waals surface area (Å²) >= 11 is 0. The van der Waals surface area contributed by atoms with Crippen LogP contribution in [0.25, 0.3) is 5.70 Å². The normalized spacial score (nSPS) is 11.5. The topological polar surface area (TPSA) is 125 Å². The Bertz CT molecular complexity index is 510. The largest absolute Gasteiger partial charge is 0.390 e. The van der Waals surface area contributed by atoms with Crippen LogP contribution in [-0.2, 0) is 4.79 Å². The fourth-order valence-electron chi connectivity index (χ4n) is 1.45. The Morgan fingerprint density at radius 3 is 2.32 bits per heavy atom. The van der Waals surface area contributed by atoms with Crippen LogP contribution in [0.15, 0.2) is 30.0 Å². The second-order valence-corrected chi connectivity index (χ2v) is 3.61. The third-order valence-electron chi connectivity index (χ3n) is 2.27. The molecule has 0 unspecified atom stereocenters. The number of hydrogen-bond acceptors (Lipinski definition) is 6. The first-order chi connectivity index (χ1) is 8.99. The second-order valence-electron chi connectivity index (χ2n) is 3.61. The molecular formula is C11H13N3O5. The molecule has 0 heterocycles. The van der Waals surface area contributed by atoms with Crippen LogP contribution in [0.4, 0.5) is 5.69 Å². The molecule has 0 atom stereocenters. The maximum Gasteiger partial charge on any atom is 0.269 e. The number of nitrogens with zero attached hydrogens (tertiary/aromatic N) is 1. The van der Waals surface area contributed by atoms with Gasteiger partial charge < -0.3 is 10.4 Å². The summed E-state index contributed by atoms with van der Waals surface area (Å²) in [5.74, 6) is -0.418. The lowest BCUT2D eigenvalue weighted by Gasteiger charge is -2.13. The molecule has 1 rings (SSSR count). The van der Waals surface area contributed by atoms with E-state index in [1.54, 1.807) is 0 Å². The lowest BCUT2D eigenvalue weighted by atomic mass is 10.1. The van der Waals surface area contributed by atoms with Crippen molar-refractivity contribution >= 4 is 17.3 Å². The molecule has 0 fully saturated rings. The number of hydroxylamine groups is 1. The summed E-state index contributed by atoms with van der Waals surface area (Å²) in [7, 11) is 0. The van der Waals surface area contributed by atoms with Gasteiger partial charge in [0.25, 0.3) is 5.69 Å². The zero-order valence-corrected chi connectivity index (χ0v) is 10.1. The van der Waals surface area contributed by atoms with E-state index in [2.05, 4.69) is 5.32 Å². The van der Waals surface area contributed by atoms with Crippen LogP contribution in [0.3, 0.4) is 0 Å². The first-order valence-corrected chi connectivity index (χ1v) is 5.26. The summed E-state index contributed by atoms with van der Waals surface area (Å²) in [6.07, 6.45) is 0. The monoisotopic (exact) mass is 267 g/mol. The SMILES string of the molecule is CC(=O)NC(CO)=C(NO)c1ccc([N+](=O)[O-])cc1. The number of aliphatic hydroxyl groups is 1. The zero-order chi connectivity index (χ0) is 14.4. The summed E-state index contributed by atoms with van der Waals surface area (Å²) in [5, 5.41) is 31.1. The van der Waals surface area contributed by atoms with Crippen molar-refractivity contribution in [3.05, 3.63) is 45.6 Å². The summed E-state index contributed by atoms with van der Waals surface area (Å²) in [6, 6.07) is 5.26. The van der Waals surface area contributed by atoms with Crippen LogP contribution in [0, 0.1) is 10.1 Å². The molecule has 0 spiro atoms. The molecule has 0 saturated heterocycles. The van der Waals surface area contributed by atoms with Crippen molar-refractivity contribution in [2.75, 3.05) is 6.61 Å². The number of nitro benzene ring substituents is 1. The zero-order valence-electron chi connectivity index (χ0n) is 10.1. The number of carbonyl (C=O) groups is 1. The van der Waals surface area contributed by atoms with Gasteiger partial charge in [-0.1, -0.05) is 0 Å². The van der Waals surface area contributed by atoms with Crippen molar-refractivity contribution in [2.45, 2.75) is 6.92 Å². The van der Waals surface area contributed by atoms with Gasteiger partial charge in [0.05, 0.1) is 22.9 Å². The summed E-state index contributed by atoms with van der Waals surface area (Å²) < 4.78 is 0. The number of amides is 1. The molecule has 0 aromatic heterocycles. The van der Waals surface area contributed by atoms with Crippen LogP contribution in [0.1, 0.15) is 12.5 Å². The van der Waals surface area contributed by atoms with Gasteiger partial charge in [-0.3, -0.25) is 25.6 Å². The highest BCUT2D eigenvalue weighted by atomic mass is 16.6. The third kappa shape index (κ3) is 3.76. The Morgan fingerprint density at radius 1 is 1.37 bits per heavy atom. The number of benzene rings is 1. The van der Waals surface area contributed by atoms with Gasteiger partial charge >= 0.3 is 0 Å². The van der Waals surface area contributed by atoms with Gasteiger partial charge in [0.15, 0.2) is 0 Å². The van der Waals surface area contributed by atoms with E-state index < -0.39 is 17.4 Å². The van der Waals surface area contributed by atoms with E-state index in [9.17, 15) is 14.9 Å². The van der Waals surface area contributed by atoms with Gasteiger partial charge in [-0.05, 0) is 12.1 Å². The van der Waals surface area contributed by atoms with Crippen molar-refractivity contribution in [2.24, 2.45) is 0 Å². The minimum absolute atomic E-state index is 0.0591. The smallest absolute Gasteiger partial charge is 0.269 e. The maximum absolute atomic E-state index is 11.0. The molecule has 0 aliphatic rings. The quantitative estimate of drug-likeness (QED) is 0.451. The Balaban J connectivity index is 3.17. The molecule has 0 radical (unpaired) electrons. The van der Waals surface area contributed by atoms with E-state index in [0.717, 1.165) is 0 Å². The van der Waals surface area contributed by atoms with Crippen molar-refractivity contribution in [1.82, 2.24) is 10.8 Å².